The van der Waals surface area contributed by atoms with E-state index >= 15 is 0 Å². The average Bonchev–Trinajstić information content (AvgIpc) is 2.77. The van der Waals surface area contributed by atoms with Crippen molar-refractivity contribution in [3.05, 3.63) is 29.3 Å². The van der Waals surface area contributed by atoms with Crippen LogP contribution >= 0.6 is 12.2 Å². The smallest absolute Gasteiger partial charge is 0.182 e. The van der Waals surface area contributed by atoms with Crippen LogP contribution in [0.5, 0.6) is 0 Å². The summed E-state index contributed by atoms with van der Waals surface area (Å²) in [7, 11) is 3.84. The van der Waals surface area contributed by atoms with Gasteiger partial charge in [0.1, 0.15) is 4.99 Å². The predicted molar refractivity (Wildman–Crippen MR) is 81.1 cm³/mol. The zero-order valence-corrected chi connectivity index (χ0v) is 12.5. The number of nitrogens with zero attached hydrogens (tertiary/aromatic N) is 2. The van der Waals surface area contributed by atoms with E-state index in [-0.39, 0.29) is 16.2 Å². The first kappa shape index (κ1) is 15.1. The van der Waals surface area contributed by atoms with Crippen LogP contribution in [0.1, 0.15) is 12.0 Å². The molecule has 1 aliphatic heterocycles. The van der Waals surface area contributed by atoms with E-state index in [4.69, 9.17) is 18.0 Å². The molecule has 3 nitrogen and oxygen atoms in total. The van der Waals surface area contributed by atoms with E-state index < -0.39 is 11.6 Å². The first-order valence-corrected chi connectivity index (χ1v) is 6.98. The van der Waals surface area contributed by atoms with Gasteiger partial charge in [-0.3, -0.25) is 0 Å². The number of hydrogen-bond acceptors (Lipinski definition) is 3. The Morgan fingerprint density at radius 2 is 2.15 bits per heavy atom. The SMILES string of the molecule is CN1CCC(CN(C)c2ccc(C(N)=S)c(F)c2F)C1. The molecule has 1 unspecified atom stereocenters. The molecule has 2 rings (SSSR count). The molecule has 2 N–H and O–H groups in total. The highest BCUT2D eigenvalue weighted by molar-refractivity contribution is 7.80. The van der Waals surface area contributed by atoms with Crippen LogP contribution in [0.3, 0.4) is 0 Å². The molecule has 20 heavy (non-hydrogen) atoms. The molecule has 0 radical (unpaired) electrons. The molecule has 0 amide bonds. The molecule has 0 saturated carbocycles. The summed E-state index contributed by atoms with van der Waals surface area (Å²) in [5.41, 5.74) is 5.56. The number of halogens is 2. The van der Waals surface area contributed by atoms with Crippen molar-refractivity contribution in [2.75, 3.05) is 38.6 Å². The van der Waals surface area contributed by atoms with E-state index in [1.807, 2.05) is 0 Å². The summed E-state index contributed by atoms with van der Waals surface area (Å²) in [6.45, 7) is 2.74. The first-order valence-electron chi connectivity index (χ1n) is 6.57. The Hall–Kier alpha value is -1.27. The van der Waals surface area contributed by atoms with Gasteiger partial charge < -0.3 is 15.5 Å². The Bertz CT molecular complexity index is 521. The summed E-state index contributed by atoms with van der Waals surface area (Å²) in [5, 5.41) is 0. The van der Waals surface area contributed by atoms with Crippen LogP contribution in [0.15, 0.2) is 12.1 Å². The van der Waals surface area contributed by atoms with Crippen molar-refractivity contribution in [1.29, 1.82) is 0 Å². The molecule has 1 saturated heterocycles. The second-order valence-electron chi connectivity index (χ2n) is 5.42. The van der Waals surface area contributed by atoms with Crippen molar-refractivity contribution < 1.29 is 8.78 Å². The molecule has 1 aliphatic rings. The molecular weight excluding hydrogens is 280 g/mol. The van der Waals surface area contributed by atoms with Gasteiger partial charge in [-0.2, -0.15) is 0 Å². The number of likely N-dealkylation sites (tertiary alicyclic amines) is 1. The molecular formula is C14H19F2N3S. The molecule has 1 heterocycles. The first-order chi connectivity index (χ1) is 9.40. The largest absolute Gasteiger partial charge is 0.389 e. The van der Waals surface area contributed by atoms with E-state index in [1.54, 1.807) is 11.9 Å². The third-order valence-electron chi connectivity index (χ3n) is 3.76. The van der Waals surface area contributed by atoms with E-state index in [1.165, 1.54) is 12.1 Å². The molecule has 1 aromatic carbocycles. The molecule has 0 aromatic heterocycles. The predicted octanol–water partition coefficient (Wildman–Crippen LogP) is 1.99. The van der Waals surface area contributed by atoms with Crippen molar-refractivity contribution in [3.63, 3.8) is 0 Å². The Labute approximate surface area is 123 Å². The van der Waals surface area contributed by atoms with Gasteiger partial charge in [0.05, 0.1) is 5.69 Å². The monoisotopic (exact) mass is 299 g/mol. The third-order valence-corrected chi connectivity index (χ3v) is 3.98. The van der Waals surface area contributed by atoms with E-state index in [9.17, 15) is 8.78 Å². The van der Waals surface area contributed by atoms with Crippen LogP contribution < -0.4 is 10.6 Å². The lowest BCUT2D eigenvalue weighted by Gasteiger charge is -2.24. The highest BCUT2D eigenvalue weighted by Gasteiger charge is 2.23. The standard InChI is InChI=1S/C14H19F2N3S/c1-18-6-5-9(7-18)8-19(2)11-4-3-10(14(17)20)12(15)13(11)16/h3-4,9H,5-8H2,1-2H3,(H2,17,20). The van der Waals surface area contributed by atoms with Gasteiger partial charge in [0.2, 0.25) is 0 Å². The fraction of sp³-hybridized carbons (Fsp3) is 0.500. The van der Waals surface area contributed by atoms with Crippen LogP contribution in [0.2, 0.25) is 0 Å². The number of hydrogen-bond donors (Lipinski definition) is 1. The van der Waals surface area contributed by atoms with Gasteiger partial charge in [0, 0.05) is 25.7 Å². The molecule has 6 heteroatoms. The molecule has 1 fully saturated rings. The molecule has 1 atom stereocenters. The Kier molecular flexibility index (Phi) is 4.55. The zero-order valence-electron chi connectivity index (χ0n) is 11.7. The van der Waals surface area contributed by atoms with E-state index in [0.29, 0.717) is 12.5 Å². The van der Waals surface area contributed by atoms with Crippen LogP contribution in [0.25, 0.3) is 0 Å². The molecule has 0 spiro atoms. The van der Waals surface area contributed by atoms with Gasteiger partial charge in [0.15, 0.2) is 11.6 Å². The lowest BCUT2D eigenvalue weighted by Crippen LogP contribution is -2.28. The minimum absolute atomic E-state index is 0.0461. The normalized spacial score (nSPS) is 19.3. The maximum atomic E-state index is 14.1. The highest BCUT2D eigenvalue weighted by atomic mass is 32.1. The Balaban J connectivity index is 2.16. The molecule has 1 aromatic rings. The summed E-state index contributed by atoms with van der Waals surface area (Å²) in [6.07, 6.45) is 1.08. The molecule has 0 bridgehead atoms. The van der Waals surface area contributed by atoms with Gasteiger partial charge in [-0.05, 0) is 38.1 Å². The summed E-state index contributed by atoms with van der Waals surface area (Å²) < 4.78 is 28.0. The number of anilines is 1. The van der Waals surface area contributed by atoms with Crippen LogP contribution in [-0.4, -0.2) is 43.6 Å². The maximum Gasteiger partial charge on any atom is 0.182 e. The summed E-state index contributed by atoms with van der Waals surface area (Å²) in [4.78, 5) is 3.87. The average molecular weight is 299 g/mol. The van der Waals surface area contributed by atoms with Gasteiger partial charge in [-0.1, -0.05) is 12.2 Å². The van der Waals surface area contributed by atoms with Crippen molar-refractivity contribution in [2.24, 2.45) is 11.7 Å². The van der Waals surface area contributed by atoms with Gasteiger partial charge in [-0.25, -0.2) is 8.78 Å². The van der Waals surface area contributed by atoms with Crippen LogP contribution in [-0.2, 0) is 0 Å². The fourth-order valence-electron chi connectivity index (χ4n) is 2.69. The second-order valence-corrected chi connectivity index (χ2v) is 5.86. The topological polar surface area (TPSA) is 32.5 Å². The summed E-state index contributed by atoms with van der Waals surface area (Å²) in [5.74, 6) is -1.38. The Morgan fingerprint density at radius 3 is 2.70 bits per heavy atom. The van der Waals surface area contributed by atoms with Gasteiger partial charge in [-0.15, -0.1) is 0 Å². The third kappa shape index (κ3) is 3.07. The number of thiocarbonyl (C=S) groups is 1. The molecule has 110 valence electrons. The summed E-state index contributed by atoms with van der Waals surface area (Å²) in [6, 6.07) is 2.97. The zero-order chi connectivity index (χ0) is 14.9. The number of nitrogens with two attached hydrogens (primary N) is 1. The Morgan fingerprint density at radius 1 is 1.45 bits per heavy atom. The minimum atomic E-state index is -0.967. The van der Waals surface area contributed by atoms with Crippen molar-refractivity contribution in [1.82, 2.24) is 4.90 Å². The minimum Gasteiger partial charge on any atom is -0.389 e. The second kappa shape index (κ2) is 6.01. The van der Waals surface area contributed by atoms with Gasteiger partial charge >= 0.3 is 0 Å². The van der Waals surface area contributed by atoms with Crippen molar-refractivity contribution >= 4 is 22.9 Å². The van der Waals surface area contributed by atoms with Gasteiger partial charge in [0.25, 0.3) is 0 Å². The number of rotatable bonds is 4. The highest BCUT2D eigenvalue weighted by Crippen LogP contribution is 2.25. The fourth-order valence-corrected chi connectivity index (χ4v) is 2.84. The molecule has 0 aliphatic carbocycles. The van der Waals surface area contributed by atoms with Crippen LogP contribution in [0.4, 0.5) is 14.5 Å². The lowest BCUT2D eigenvalue weighted by molar-refractivity contribution is 0.395. The van der Waals surface area contributed by atoms with Crippen LogP contribution in [0, 0.1) is 17.6 Å². The van der Waals surface area contributed by atoms with Crippen molar-refractivity contribution in [3.8, 4) is 0 Å². The number of benzene rings is 1. The summed E-state index contributed by atoms with van der Waals surface area (Å²) >= 11 is 4.70. The maximum absolute atomic E-state index is 14.1. The van der Waals surface area contributed by atoms with Crippen molar-refractivity contribution in [2.45, 2.75) is 6.42 Å². The lowest BCUT2D eigenvalue weighted by atomic mass is 10.1. The van der Waals surface area contributed by atoms with E-state index in [2.05, 4.69) is 11.9 Å². The quantitative estimate of drug-likeness (QED) is 0.862. The van der Waals surface area contributed by atoms with E-state index in [0.717, 1.165) is 19.5 Å².